The van der Waals surface area contributed by atoms with Crippen LogP contribution in [0.25, 0.3) is 11.3 Å². The molecular formula is C43H66N6O9. The normalized spacial score (nSPS) is 36.7. The number of aromatic nitrogens is 3. The first-order chi connectivity index (χ1) is 27.4. The quantitative estimate of drug-likeness (QED) is 0.185. The molecule has 3 fully saturated rings. The topological polar surface area (TPSA) is 175 Å². The molecule has 2 aromatic rings. The third-order valence-corrected chi connectivity index (χ3v) is 13.0. The standard InChI is InChI=1S/C43H66N6O9/c1-12-33-43(8)37(49(41(54)46-43)19-14-13-18-48-23-31(45-24-48)30-16-15-17-44-22-30)27(4)34(50)25(2)21-42(7,55-11)38(28(5)35(51)29(6)39(53)57-33)58-40-36(52)32(47(9)10)20-26(3)56-40/h15-17,22-29,32-33,36-38,40,52H,12-14,18-21H2,1-11H3,(H,46,54)/t25-,26-,27+,28+,29-,32+,33-,36-,37-,38-,40+,42+,43-/m1/s1. The average Bonchev–Trinajstić information content (AvgIpc) is 3.78. The van der Waals surface area contributed by atoms with Gasteiger partial charge in [0.05, 0.1) is 41.4 Å². The van der Waals surface area contributed by atoms with Gasteiger partial charge in [0.25, 0.3) is 0 Å². The van der Waals surface area contributed by atoms with Gasteiger partial charge in [-0.15, -0.1) is 0 Å². The van der Waals surface area contributed by atoms with Crippen molar-refractivity contribution in [3.05, 3.63) is 37.1 Å². The number of carbonyl (C=O) groups excluding carboxylic acids is 4. The number of hydrogen-bond donors (Lipinski definition) is 2. The minimum Gasteiger partial charge on any atom is -0.459 e. The maximum atomic E-state index is 14.7. The lowest BCUT2D eigenvalue weighted by Gasteiger charge is -2.47. The minimum atomic E-state index is -1.25. The Morgan fingerprint density at radius 3 is 2.38 bits per heavy atom. The summed E-state index contributed by atoms with van der Waals surface area (Å²) in [5, 5.41) is 14.6. The highest BCUT2D eigenvalue weighted by Crippen LogP contribution is 2.41. The number of nitrogens with one attached hydrogen (secondary N) is 1. The van der Waals surface area contributed by atoms with Crippen molar-refractivity contribution in [3.8, 4) is 11.3 Å². The lowest BCUT2D eigenvalue weighted by Crippen LogP contribution is -2.62. The molecule has 0 saturated carbocycles. The van der Waals surface area contributed by atoms with Gasteiger partial charge in [-0.1, -0.05) is 27.7 Å². The zero-order chi connectivity index (χ0) is 42.7. The maximum Gasteiger partial charge on any atom is 0.318 e. The van der Waals surface area contributed by atoms with E-state index in [0.717, 1.165) is 17.7 Å². The predicted octanol–water partition coefficient (Wildman–Crippen LogP) is 4.50. The maximum absolute atomic E-state index is 14.7. The van der Waals surface area contributed by atoms with Crippen LogP contribution in [0.1, 0.15) is 87.5 Å². The molecule has 2 amide bonds. The van der Waals surface area contributed by atoms with E-state index in [2.05, 4.69) is 15.3 Å². The Morgan fingerprint density at radius 1 is 1.03 bits per heavy atom. The highest BCUT2D eigenvalue weighted by molar-refractivity contribution is 6.00. The van der Waals surface area contributed by atoms with Crippen molar-refractivity contribution >= 4 is 23.6 Å². The molecule has 5 heterocycles. The van der Waals surface area contributed by atoms with Gasteiger partial charge in [0.2, 0.25) is 0 Å². The van der Waals surface area contributed by atoms with Gasteiger partial charge in [-0.3, -0.25) is 19.4 Å². The molecule has 0 bridgehead atoms. The van der Waals surface area contributed by atoms with Crippen molar-refractivity contribution in [3.63, 3.8) is 0 Å². The van der Waals surface area contributed by atoms with E-state index in [-0.39, 0.29) is 30.4 Å². The summed E-state index contributed by atoms with van der Waals surface area (Å²) in [7, 11) is 5.26. The second-order valence-corrected chi connectivity index (χ2v) is 17.5. The van der Waals surface area contributed by atoms with Crippen LogP contribution in [-0.2, 0) is 39.9 Å². The van der Waals surface area contributed by atoms with Crippen molar-refractivity contribution in [1.29, 1.82) is 0 Å². The molecule has 5 rings (SSSR count). The van der Waals surface area contributed by atoms with E-state index in [4.69, 9.17) is 18.9 Å². The van der Waals surface area contributed by atoms with Gasteiger partial charge in [0.15, 0.2) is 12.1 Å². The fraction of sp³-hybridized carbons (Fsp3) is 0.721. The number of imidazole rings is 1. The first-order valence-corrected chi connectivity index (χ1v) is 20.9. The molecule has 2 N–H and O–H groups in total. The number of aryl methyl sites for hydroxylation is 1. The molecule has 0 radical (unpaired) electrons. The highest BCUT2D eigenvalue weighted by atomic mass is 16.7. The molecule has 58 heavy (non-hydrogen) atoms. The van der Waals surface area contributed by atoms with E-state index in [1.165, 1.54) is 14.0 Å². The number of Topliss-reactive ketones (excluding diaryl/α,β-unsaturated/α-hetero) is 2. The fourth-order valence-electron chi connectivity index (χ4n) is 9.60. The average molecular weight is 811 g/mol. The number of esters is 1. The molecule has 3 aliphatic rings. The summed E-state index contributed by atoms with van der Waals surface area (Å²) in [5.41, 5.74) is -0.654. The molecule has 0 aromatic carbocycles. The molecule has 3 aliphatic heterocycles. The largest absolute Gasteiger partial charge is 0.459 e. The number of urea groups is 1. The van der Waals surface area contributed by atoms with Crippen LogP contribution in [-0.4, -0.2) is 135 Å². The monoisotopic (exact) mass is 810 g/mol. The van der Waals surface area contributed by atoms with Crippen molar-refractivity contribution in [2.45, 2.75) is 148 Å². The Hall–Kier alpha value is -3.76. The van der Waals surface area contributed by atoms with E-state index < -0.39 is 77.2 Å². The zero-order valence-corrected chi connectivity index (χ0v) is 36.2. The van der Waals surface area contributed by atoms with E-state index >= 15 is 0 Å². The van der Waals surface area contributed by atoms with Crippen LogP contribution in [0.3, 0.4) is 0 Å². The van der Waals surface area contributed by atoms with Gasteiger partial charge in [-0.2, -0.15) is 0 Å². The number of nitrogens with zero attached hydrogens (tertiary/aromatic N) is 5. The number of rotatable bonds is 11. The molecule has 0 unspecified atom stereocenters. The number of ketones is 2. The zero-order valence-electron chi connectivity index (χ0n) is 36.2. The summed E-state index contributed by atoms with van der Waals surface area (Å²) in [6.07, 6.45) is 5.38. The summed E-state index contributed by atoms with van der Waals surface area (Å²) in [6, 6.07) is 2.53. The number of pyridine rings is 1. The molecule has 3 saturated heterocycles. The Kier molecular flexibility index (Phi) is 14.6. The van der Waals surface area contributed by atoms with Gasteiger partial charge in [-0.05, 0) is 86.0 Å². The van der Waals surface area contributed by atoms with Gasteiger partial charge < -0.3 is 43.7 Å². The lowest BCUT2D eigenvalue weighted by molar-refractivity contribution is -0.295. The third-order valence-electron chi connectivity index (χ3n) is 13.0. The van der Waals surface area contributed by atoms with E-state index in [1.807, 2.05) is 76.5 Å². The van der Waals surface area contributed by atoms with Crippen LogP contribution in [0.4, 0.5) is 4.79 Å². The van der Waals surface area contributed by atoms with Crippen LogP contribution in [0.2, 0.25) is 0 Å². The summed E-state index contributed by atoms with van der Waals surface area (Å²) >= 11 is 0. The predicted molar refractivity (Wildman–Crippen MR) is 216 cm³/mol. The summed E-state index contributed by atoms with van der Waals surface area (Å²) in [5.74, 6) is -4.72. The number of fused-ring (bicyclic) bond motifs is 1. The Bertz CT molecular complexity index is 1740. The number of amides is 2. The van der Waals surface area contributed by atoms with E-state index in [1.54, 1.807) is 37.5 Å². The van der Waals surface area contributed by atoms with Crippen LogP contribution in [0, 0.1) is 23.7 Å². The number of unbranched alkanes of at least 4 members (excludes halogenated alkanes) is 1. The summed E-state index contributed by atoms with van der Waals surface area (Å²) in [4.78, 5) is 69.4. The Balaban J connectivity index is 1.43. The first kappa shape index (κ1) is 45.3. The lowest BCUT2D eigenvalue weighted by atomic mass is 9.72. The number of methoxy groups -OCH3 is 1. The summed E-state index contributed by atoms with van der Waals surface area (Å²) in [6.45, 7) is 15.3. The Labute approximate surface area is 343 Å². The van der Waals surface area contributed by atoms with Crippen LogP contribution in [0.5, 0.6) is 0 Å². The molecule has 322 valence electrons. The van der Waals surface area contributed by atoms with Gasteiger partial charge in [0.1, 0.15) is 23.9 Å². The van der Waals surface area contributed by atoms with E-state index in [9.17, 15) is 24.3 Å². The first-order valence-electron chi connectivity index (χ1n) is 20.9. The van der Waals surface area contributed by atoms with Crippen molar-refractivity contribution < 1.29 is 43.2 Å². The van der Waals surface area contributed by atoms with Crippen LogP contribution >= 0.6 is 0 Å². The molecule has 0 spiro atoms. The third kappa shape index (κ3) is 9.33. The van der Waals surface area contributed by atoms with Gasteiger partial charge >= 0.3 is 12.0 Å². The molecule has 0 aliphatic carbocycles. The molecular weight excluding hydrogens is 745 g/mol. The molecule has 15 nitrogen and oxygen atoms in total. The fourth-order valence-corrected chi connectivity index (χ4v) is 9.60. The smallest absolute Gasteiger partial charge is 0.318 e. The van der Waals surface area contributed by atoms with Crippen LogP contribution in [0.15, 0.2) is 37.1 Å². The molecule has 13 atom stereocenters. The second kappa shape index (κ2) is 18.7. The molecule has 15 heteroatoms. The van der Waals surface area contributed by atoms with Crippen molar-refractivity contribution in [2.75, 3.05) is 27.7 Å². The number of cyclic esters (lactones) is 1. The molecule has 2 aromatic heterocycles. The van der Waals surface area contributed by atoms with Crippen molar-refractivity contribution in [1.82, 2.24) is 29.7 Å². The van der Waals surface area contributed by atoms with Crippen molar-refractivity contribution in [2.24, 2.45) is 23.7 Å². The van der Waals surface area contributed by atoms with Crippen LogP contribution < -0.4 is 5.32 Å². The van der Waals surface area contributed by atoms with Gasteiger partial charge in [-0.25, -0.2) is 9.78 Å². The van der Waals surface area contributed by atoms with Gasteiger partial charge in [0, 0.05) is 68.1 Å². The highest BCUT2D eigenvalue weighted by Gasteiger charge is 2.58. The summed E-state index contributed by atoms with van der Waals surface area (Å²) < 4.78 is 27.2. The number of ether oxygens (including phenoxy) is 4. The SMILES string of the molecule is CC[C@H]1OC(=O)[C@H](C)C(=O)[C@H](C)[C@@H](O[C@@H]2O[C@H](C)C[C@H](N(C)C)[C@H]2O)[C@@](C)(OC)C[C@@H](C)C(=O)[C@H](C)[C@H]2N(CCCCn3cnc(-c4cccnc4)c3)C(=O)N[C@]12C. The number of aliphatic hydroxyl groups excluding tert-OH is 1. The number of hydrogen-bond acceptors (Lipinski definition) is 12. The number of likely N-dealkylation sites (N-methyl/N-ethyl adjacent to an activating group) is 1. The number of carbonyl (C=O) groups is 4. The Morgan fingerprint density at radius 2 is 1.74 bits per heavy atom. The second-order valence-electron chi connectivity index (χ2n) is 17.5. The van der Waals surface area contributed by atoms with E-state index in [0.29, 0.717) is 32.4 Å². The number of aliphatic hydroxyl groups is 1. The minimum absolute atomic E-state index is 0.109.